The number of nitrogens with one attached hydrogen (secondary N) is 2. The molecule has 1 aromatic heterocycles. The second kappa shape index (κ2) is 7.77. The van der Waals surface area contributed by atoms with E-state index in [-0.39, 0.29) is 5.91 Å². The first-order chi connectivity index (χ1) is 12.6. The van der Waals surface area contributed by atoms with Gasteiger partial charge in [0.15, 0.2) is 5.82 Å². The van der Waals surface area contributed by atoms with Gasteiger partial charge >= 0.3 is 0 Å². The number of aryl methyl sites for hydroxylation is 1. The van der Waals surface area contributed by atoms with Crippen molar-refractivity contribution in [3.05, 3.63) is 65.0 Å². The molecule has 3 aromatic rings. The standard InChI is InChI=1S/C19H21N5O2/c1-12-5-4-6-17(13(12)2)20-19(25)16(18-21-23-24-22-18)11-14-7-9-15(26-3)10-8-14/h4-10,16H,11H2,1-3H3,(H,20,25)(H,21,22,23,24). The third kappa shape index (κ3) is 3.88. The predicted molar refractivity (Wildman–Crippen MR) is 98.2 cm³/mol. The third-order valence-corrected chi connectivity index (χ3v) is 4.45. The summed E-state index contributed by atoms with van der Waals surface area (Å²) < 4.78 is 5.18. The highest BCUT2D eigenvalue weighted by Gasteiger charge is 2.26. The second-order valence-electron chi connectivity index (χ2n) is 6.11. The number of hydrogen-bond acceptors (Lipinski definition) is 5. The van der Waals surface area contributed by atoms with Crippen molar-refractivity contribution in [3.8, 4) is 5.75 Å². The van der Waals surface area contributed by atoms with Crippen LogP contribution < -0.4 is 10.1 Å². The minimum atomic E-state index is -0.554. The zero-order chi connectivity index (χ0) is 18.5. The summed E-state index contributed by atoms with van der Waals surface area (Å²) in [5, 5.41) is 17.0. The molecule has 1 amide bonds. The molecule has 1 unspecified atom stereocenters. The van der Waals surface area contributed by atoms with E-state index >= 15 is 0 Å². The quantitative estimate of drug-likeness (QED) is 0.712. The van der Waals surface area contributed by atoms with E-state index in [2.05, 4.69) is 25.9 Å². The van der Waals surface area contributed by atoms with E-state index in [0.717, 1.165) is 28.1 Å². The first-order valence-corrected chi connectivity index (χ1v) is 8.32. The van der Waals surface area contributed by atoms with Gasteiger partial charge in [0.25, 0.3) is 0 Å². The van der Waals surface area contributed by atoms with Crippen molar-refractivity contribution in [3.63, 3.8) is 0 Å². The number of methoxy groups -OCH3 is 1. The molecular formula is C19H21N5O2. The molecule has 7 heteroatoms. The van der Waals surface area contributed by atoms with Gasteiger partial charge in [-0.1, -0.05) is 29.5 Å². The summed E-state index contributed by atoms with van der Waals surface area (Å²) in [4.78, 5) is 12.9. The molecule has 3 rings (SSSR count). The summed E-state index contributed by atoms with van der Waals surface area (Å²) in [6, 6.07) is 13.4. The Balaban J connectivity index is 1.83. The van der Waals surface area contributed by atoms with Crippen molar-refractivity contribution in [2.24, 2.45) is 0 Å². The van der Waals surface area contributed by atoms with Gasteiger partial charge in [-0.2, -0.15) is 5.21 Å². The molecule has 7 nitrogen and oxygen atoms in total. The lowest BCUT2D eigenvalue weighted by Crippen LogP contribution is -2.24. The lowest BCUT2D eigenvalue weighted by Gasteiger charge is -2.16. The number of carbonyl (C=O) groups excluding carboxylic acids is 1. The third-order valence-electron chi connectivity index (χ3n) is 4.45. The van der Waals surface area contributed by atoms with Gasteiger partial charge in [-0.15, -0.1) is 10.2 Å². The maximum Gasteiger partial charge on any atom is 0.235 e. The molecule has 0 spiro atoms. The summed E-state index contributed by atoms with van der Waals surface area (Å²) in [5.74, 6) is 0.409. The van der Waals surface area contributed by atoms with E-state index in [1.807, 2.05) is 56.3 Å². The van der Waals surface area contributed by atoms with Crippen LogP contribution in [0.25, 0.3) is 0 Å². The van der Waals surface area contributed by atoms with Crippen molar-refractivity contribution in [1.82, 2.24) is 20.6 Å². The molecule has 26 heavy (non-hydrogen) atoms. The number of carbonyl (C=O) groups is 1. The van der Waals surface area contributed by atoms with Crippen molar-refractivity contribution in [1.29, 1.82) is 0 Å². The minimum Gasteiger partial charge on any atom is -0.497 e. The SMILES string of the molecule is COc1ccc(CC(C(=O)Nc2cccc(C)c2C)c2nn[nH]n2)cc1. The Morgan fingerprint density at radius 3 is 2.62 bits per heavy atom. The zero-order valence-corrected chi connectivity index (χ0v) is 15.0. The van der Waals surface area contributed by atoms with Gasteiger partial charge in [-0.25, -0.2) is 0 Å². The van der Waals surface area contributed by atoms with Crippen LogP contribution in [-0.2, 0) is 11.2 Å². The first kappa shape index (κ1) is 17.6. The second-order valence-corrected chi connectivity index (χ2v) is 6.11. The van der Waals surface area contributed by atoms with Crippen molar-refractivity contribution in [2.75, 3.05) is 12.4 Å². The monoisotopic (exact) mass is 351 g/mol. The molecule has 1 heterocycles. The molecular weight excluding hydrogens is 330 g/mol. The molecule has 0 radical (unpaired) electrons. The smallest absolute Gasteiger partial charge is 0.235 e. The van der Waals surface area contributed by atoms with Gasteiger partial charge in [0, 0.05) is 5.69 Å². The maximum atomic E-state index is 12.9. The lowest BCUT2D eigenvalue weighted by molar-refractivity contribution is -0.117. The van der Waals surface area contributed by atoms with Gasteiger partial charge in [-0.3, -0.25) is 4.79 Å². The number of hydrogen-bond donors (Lipinski definition) is 2. The topological polar surface area (TPSA) is 92.8 Å². The fraction of sp³-hybridized carbons (Fsp3) is 0.263. The Morgan fingerprint density at radius 2 is 1.96 bits per heavy atom. The highest BCUT2D eigenvalue weighted by atomic mass is 16.5. The van der Waals surface area contributed by atoms with Gasteiger partial charge in [0.2, 0.25) is 5.91 Å². The molecule has 0 saturated carbocycles. The van der Waals surface area contributed by atoms with Crippen LogP contribution in [0.15, 0.2) is 42.5 Å². The normalized spacial score (nSPS) is 11.8. The van der Waals surface area contributed by atoms with E-state index in [9.17, 15) is 4.79 Å². The Kier molecular flexibility index (Phi) is 5.26. The number of nitrogens with zero attached hydrogens (tertiary/aromatic N) is 3. The lowest BCUT2D eigenvalue weighted by atomic mass is 9.97. The maximum absolute atomic E-state index is 12.9. The molecule has 0 aliphatic rings. The fourth-order valence-corrected chi connectivity index (χ4v) is 2.72. The van der Waals surface area contributed by atoms with Crippen LogP contribution in [0.1, 0.15) is 28.4 Å². The molecule has 0 saturated heterocycles. The van der Waals surface area contributed by atoms with E-state index in [1.54, 1.807) is 7.11 Å². The number of ether oxygens (including phenoxy) is 1. The predicted octanol–water partition coefficient (Wildman–Crippen LogP) is 2.79. The summed E-state index contributed by atoms with van der Waals surface area (Å²) in [5.41, 5.74) is 3.93. The number of H-pyrrole nitrogens is 1. The largest absolute Gasteiger partial charge is 0.497 e. The Labute approximate surface area is 151 Å². The molecule has 2 aromatic carbocycles. The van der Waals surface area contributed by atoms with Crippen LogP contribution in [0.3, 0.4) is 0 Å². The van der Waals surface area contributed by atoms with Gasteiger partial charge in [-0.05, 0) is 55.2 Å². The van der Waals surface area contributed by atoms with E-state index in [4.69, 9.17) is 4.74 Å². The van der Waals surface area contributed by atoms with Gasteiger partial charge in [0.1, 0.15) is 11.7 Å². The van der Waals surface area contributed by atoms with E-state index < -0.39 is 5.92 Å². The fourth-order valence-electron chi connectivity index (χ4n) is 2.72. The molecule has 0 aliphatic carbocycles. The summed E-state index contributed by atoms with van der Waals surface area (Å²) in [6.07, 6.45) is 0.459. The number of anilines is 1. The molecule has 0 bridgehead atoms. The highest BCUT2D eigenvalue weighted by Crippen LogP contribution is 2.24. The average Bonchev–Trinajstić information content (AvgIpc) is 3.18. The Morgan fingerprint density at radius 1 is 1.19 bits per heavy atom. The first-order valence-electron chi connectivity index (χ1n) is 8.32. The molecule has 0 fully saturated rings. The Bertz CT molecular complexity index is 875. The minimum absolute atomic E-state index is 0.170. The Hall–Kier alpha value is -3.22. The van der Waals surface area contributed by atoms with Gasteiger partial charge in [0.05, 0.1) is 7.11 Å². The van der Waals surface area contributed by atoms with Gasteiger partial charge < -0.3 is 10.1 Å². The number of benzene rings is 2. The van der Waals surface area contributed by atoms with Crippen LogP contribution in [0.4, 0.5) is 5.69 Å². The molecule has 0 aliphatic heterocycles. The molecule has 134 valence electrons. The summed E-state index contributed by atoms with van der Waals surface area (Å²) in [6.45, 7) is 4.00. The number of rotatable bonds is 6. The van der Waals surface area contributed by atoms with Crippen LogP contribution in [0.2, 0.25) is 0 Å². The van der Waals surface area contributed by atoms with Crippen molar-refractivity contribution < 1.29 is 9.53 Å². The molecule has 1 atom stereocenters. The van der Waals surface area contributed by atoms with Crippen LogP contribution in [0, 0.1) is 13.8 Å². The van der Waals surface area contributed by atoms with E-state index in [0.29, 0.717) is 12.2 Å². The molecule has 2 N–H and O–H groups in total. The number of aromatic amines is 1. The number of amides is 1. The summed E-state index contributed by atoms with van der Waals surface area (Å²) >= 11 is 0. The number of tetrazole rings is 1. The van der Waals surface area contributed by atoms with Crippen molar-refractivity contribution >= 4 is 11.6 Å². The van der Waals surface area contributed by atoms with E-state index in [1.165, 1.54) is 0 Å². The van der Waals surface area contributed by atoms with Crippen molar-refractivity contribution in [2.45, 2.75) is 26.2 Å². The number of aromatic nitrogens is 4. The average molecular weight is 351 g/mol. The van der Waals surface area contributed by atoms with Crippen LogP contribution >= 0.6 is 0 Å². The van der Waals surface area contributed by atoms with Crippen LogP contribution in [-0.4, -0.2) is 33.6 Å². The van der Waals surface area contributed by atoms with Crippen LogP contribution in [0.5, 0.6) is 5.75 Å². The zero-order valence-electron chi connectivity index (χ0n) is 15.0. The summed E-state index contributed by atoms with van der Waals surface area (Å²) in [7, 11) is 1.62. The highest BCUT2D eigenvalue weighted by molar-refractivity contribution is 5.96.